The first-order valence-electron chi connectivity index (χ1n) is 8.20. The van der Waals surface area contributed by atoms with Crippen LogP contribution in [0.15, 0.2) is 41.8 Å². The number of nitrogens with zero attached hydrogens (tertiary/aromatic N) is 2. The summed E-state index contributed by atoms with van der Waals surface area (Å²) in [6, 6.07) is 12.3. The van der Waals surface area contributed by atoms with Crippen molar-refractivity contribution in [1.82, 2.24) is 10.3 Å². The molecule has 4 nitrogen and oxygen atoms in total. The van der Waals surface area contributed by atoms with Crippen molar-refractivity contribution in [2.45, 2.75) is 19.4 Å². The molecule has 3 heterocycles. The number of hydrogen-bond donors (Lipinski definition) is 1. The Morgan fingerprint density at radius 3 is 3.04 bits per heavy atom. The second-order valence-corrected chi connectivity index (χ2v) is 8.09. The van der Waals surface area contributed by atoms with Gasteiger partial charge in [0.05, 0.1) is 22.7 Å². The molecule has 0 bridgehead atoms. The molecule has 24 heavy (non-hydrogen) atoms. The maximum Gasteiger partial charge on any atom is 0.225 e. The van der Waals surface area contributed by atoms with Crippen molar-refractivity contribution in [3.05, 3.63) is 46.7 Å². The third-order valence-corrected chi connectivity index (χ3v) is 6.34. The lowest BCUT2D eigenvalue weighted by atomic mass is 9.97. The van der Waals surface area contributed by atoms with Gasteiger partial charge < -0.3 is 10.2 Å². The number of carbonyl (C=O) groups is 1. The SMILES string of the molecule is O=C(NCc1cccs1)C1CCCN(c2nc3ccccc3s2)C1. The number of aromatic nitrogens is 1. The van der Waals surface area contributed by atoms with E-state index in [1.165, 1.54) is 9.58 Å². The Kier molecular flexibility index (Phi) is 4.49. The minimum absolute atomic E-state index is 0.0470. The van der Waals surface area contributed by atoms with E-state index < -0.39 is 0 Å². The maximum absolute atomic E-state index is 12.5. The van der Waals surface area contributed by atoms with Crippen LogP contribution in [0.1, 0.15) is 17.7 Å². The molecule has 2 aromatic heterocycles. The average molecular weight is 358 g/mol. The van der Waals surface area contributed by atoms with Crippen LogP contribution in [0.25, 0.3) is 10.2 Å². The summed E-state index contributed by atoms with van der Waals surface area (Å²) >= 11 is 3.39. The van der Waals surface area contributed by atoms with Gasteiger partial charge in [0.25, 0.3) is 0 Å². The number of carbonyl (C=O) groups excluding carboxylic acids is 1. The van der Waals surface area contributed by atoms with Crippen LogP contribution < -0.4 is 10.2 Å². The van der Waals surface area contributed by atoms with Crippen molar-refractivity contribution in [3.8, 4) is 0 Å². The van der Waals surface area contributed by atoms with Crippen molar-refractivity contribution in [3.63, 3.8) is 0 Å². The van der Waals surface area contributed by atoms with Crippen LogP contribution in [-0.2, 0) is 11.3 Å². The molecule has 1 saturated heterocycles. The first-order valence-corrected chi connectivity index (χ1v) is 9.90. The van der Waals surface area contributed by atoms with Crippen molar-refractivity contribution in [1.29, 1.82) is 0 Å². The zero-order chi connectivity index (χ0) is 16.4. The molecule has 4 rings (SSSR count). The molecular formula is C18H19N3OS2. The summed E-state index contributed by atoms with van der Waals surface area (Å²) in [6.07, 6.45) is 1.99. The van der Waals surface area contributed by atoms with Gasteiger partial charge >= 0.3 is 0 Å². The first-order chi connectivity index (χ1) is 11.8. The van der Waals surface area contributed by atoms with E-state index in [0.717, 1.165) is 36.6 Å². The highest BCUT2D eigenvalue weighted by molar-refractivity contribution is 7.22. The smallest absolute Gasteiger partial charge is 0.225 e. The lowest BCUT2D eigenvalue weighted by molar-refractivity contribution is -0.125. The highest BCUT2D eigenvalue weighted by Gasteiger charge is 2.27. The number of benzene rings is 1. The fraction of sp³-hybridized carbons (Fsp3) is 0.333. The molecule has 0 saturated carbocycles. The van der Waals surface area contributed by atoms with E-state index >= 15 is 0 Å². The monoisotopic (exact) mass is 357 g/mol. The number of anilines is 1. The van der Waals surface area contributed by atoms with E-state index in [1.54, 1.807) is 22.7 Å². The predicted molar refractivity (Wildman–Crippen MR) is 101 cm³/mol. The highest BCUT2D eigenvalue weighted by Crippen LogP contribution is 2.31. The summed E-state index contributed by atoms with van der Waals surface area (Å²) in [5, 5.41) is 6.15. The molecule has 1 N–H and O–H groups in total. The Hall–Kier alpha value is -1.92. The predicted octanol–water partition coefficient (Wildman–Crippen LogP) is 3.89. The zero-order valence-electron chi connectivity index (χ0n) is 13.3. The number of thiazole rings is 1. The fourth-order valence-corrected chi connectivity index (χ4v) is 4.74. The van der Waals surface area contributed by atoms with E-state index in [4.69, 9.17) is 4.98 Å². The molecule has 1 fully saturated rings. The minimum atomic E-state index is 0.0470. The number of rotatable bonds is 4. The van der Waals surface area contributed by atoms with Gasteiger partial charge in [-0.3, -0.25) is 4.79 Å². The molecule has 1 amide bonds. The largest absolute Gasteiger partial charge is 0.351 e. The van der Waals surface area contributed by atoms with Crippen LogP contribution >= 0.6 is 22.7 Å². The number of fused-ring (bicyclic) bond motifs is 1. The third kappa shape index (κ3) is 3.30. The standard InChI is InChI=1S/C18H19N3OS2/c22-17(19-11-14-6-4-10-23-14)13-5-3-9-21(12-13)18-20-15-7-1-2-8-16(15)24-18/h1-2,4,6-8,10,13H,3,5,9,11-12H2,(H,19,22). The van der Waals surface area contributed by atoms with Crippen LogP contribution in [0.4, 0.5) is 5.13 Å². The quantitative estimate of drug-likeness (QED) is 0.770. The van der Waals surface area contributed by atoms with Crippen LogP contribution in [0.3, 0.4) is 0 Å². The van der Waals surface area contributed by atoms with Crippen molar-refractivity contribution in [2.75, 3.05) is 18.0 Å². The average Bonchev–Trinajstić information content (AvgIpc) is 3.29. The van der Waals surface area contributed by atoms with Gasteiger partial charge in [-0.15, -0.1) is 11.3 Å². The summed E-state index contributed by atoms with van der Waals surface area (Å²) in [6.45, 7) is 2.37. The van der Waals surface area contributed by atoms with E-state index in [1.807, 2.05) is 29.6 Å². The Morgan fingerprint density at radius 2 is 2.21 bits per heavy atom. The number of piperidine rings is 1. The van der Waals surface area contributed by atoms with Crippen LogP contribution in [-0.4, -0.2) is 24.0 Å². The van der Waals surface area contributed by atoms with E-state index in [9.17, 15) is 4.79 Å². The summed E-state index contributed by atoms with van der Waals surface area (Å²) in [7, 11) is 0. The summed E-state index contributed by atoms with van der Waals surface area (Å²) in [4.78, 5) is 20.7. The van der Waals surface area contributed by atoms with Gasteiger partial charge in [-0.05, 0) is 36.4 Å². The van der Waals surface area contributed by atoms with E-state index in [-0.39, 0.29) is 11.8 Å². The van der Waals surface area contributed by atoms with Gasteiger partial charge in [-0.2, -0.15) is 0 Å². The van der Waals surface area contributed by atoms with Crippen LogP contribution in [0.5, 0.6) is 0 Å². The number of nitrogens with one attached hydrogen (secondary N) is 1. The molecule has 0 aliphatic carbocycles. The number of amides is 1. The summed E-state index contributed by atoms with van der Waals surface area (Å²) in [5.41, 5.74) is 1.04. The molecule has 0 spiro atoms. The molecule has 6 heteroatoms. The molecule has 3 aromatic rings. The molecule has 1 unspecified atom stereocenters. The number of para-hydroxylation sites is 1. The number of hydrogen-bond acceptors (Lipinski definition) is 5. The topological polar surface area (TPSA) is 45.2 Å². The van der Waals surface area contributed by atoms with Crippen molar-refractivity contribution in [2.24, 2.45) is 5.92 Å². The van der Waals surface area contributed by atoms with Gasteiger partial charge in [0, 0.05) is 18.0 Å². The molecule has 1 aromatic carbocycles. The maximum atomic E-state index is 12.5. The fourth-order valence-electron chi connectivity index (χ4n) is 3.09. The highest BCUT2D eigenvalue weighted by atomic mass is 32.1. The Morgan fingerprint density at radius 1 is 1.29 bits per heavy atom. The molecule has 1 aliphatic heterocycles. The number of thiophene rings is 1. The van der Waals surface area contributed by atoms with E-state index in [0.29, 0.717) is 6.54 Å². The third-order valence-electron chi connectivity index (χ3n) is 4.36. The molecular weight excluding hydrogens is 338 g/mol. The Bertz CT molecular complexity index is 795. The van der Waals surface area contributed by atoms with Gasteiger partial charge in [0.1, 0.15) is 0 Å². The van der Waals surface area contributed by atoms with Crippen molar-refractivity contribution >= 4 is 43.9 Å². The second-order valence-electron chi connectivity index (χ2n) is 6.05. The van der Waals surface area contributed by atoms with Gasteiger partial charge in [-0.1, -0.05) is 29.5 Å². The summed E-state index contributed by atoms with van der Waals surface area (Å²) < 4.78 is 1.21. The van der Waals surface area contributed by atoms with Crippen LogP contribution in [0.2, 0.25) is 0 Å². The van der Waals surface area contributed by atoms with E-state index in [2.05, 4.69) is 22.3 Å². The normalized spacial score (nSPS) is 18.0. The zero-order valence-corrected chi connectivity index (χ0v) is 14.9. The lowest BCUT2D eigenvalue weighted by Crippen LogP contribution is -2.42. The lowest BCUT2D eigenvalue weighted by Gasteiger charge is -2.31. The van der Waals surface area contributed by atoms with Gasteiger partial charge in [-0.25, -0.2) is 4.98 Å². The Balaban J connectivity index is 1.42. The summed E-state index contributed by atoms with van der Waals surface area (Å²) in [5.74, 6) is 0.208. The Labute approximate surface area is 149 Å². The molecule has 0 radical (unpaired) electrons. The minimum Gasteiger partial charge on any atom is -0.351 e. The first kappa shape index (κ1) is 15.6. The second kappa shape index (κ2) is 6.91. The van der Waals surface area contributed by atoms with Crippen molar-refractivity contribution < 1.29 is 4.79 Å². The molecule has 1 atom stereocenters. The molecule has 124 valence electrons. The molecule has 1 aliphatic rings. The van der Waals surface area contributed by atoms with Crippen LogP contribution in [0, 0.1) is 5.92 Å². The van der Waals surface area contributed by atoms with Gasteiger partial charge in [0.15, 0.2) is 5.13 Å². The van der Waals surface area contributed by atoms with Gasteiger partial charge in [0.2, 0.25) is 5.91 Å².